The predicted octanol–water partition coefficient (Wildman–Crippen LogP) is 2.15. The molecular weight excluding hydrogens is 845 g/mol. The lowest BCUT2D eigenvalue weighted by atomic mass is 9.87. The molecule has 2 fully saturated rings. The summed E-state index contributed by atoms with van der Waals surface area (Å²) in [4.78, 5) is 81.2. The van der Waals surface area contributed by atoms with Crippen molar-refractivity contribution in [1.29, 1.82) is 0 Å². The van der Waals surface area contributed by atoms with Gasteiger partial charge in [0.05, 0.1) is 36.8 Å². The number of unbranched alkanes of at least 4 members (excludes halogenated alkanes) is 3. The molecular formula is C41H64IN7O8. The van der Waals surface area contributed by atoms with E-state index in [9.17, 15) is 28.8 Å². The van der Waals surface area contributed by atoms with Crippen LogP contribution in [0.25, 0.3) is 0 Å². The number of carbonyl (C=O) groups excluding carboxylic acids is 6. The molecule has 0 spiro atoms. The summed E-state index contributed by atoms with van der Waals surface area (Å²) in [5.41, 5.74) is 2.40. The van der Waals surface area contributed by atoms with E-state index < -0.39 is 40.3 Å². The number of nitrogens with zero attached hydrogens (tertiary/aromatic N) is 2. The SMILES string of the molecule is CNCC(=O)NC[C@H](C(=O)N1CCC[C@H]1C(=O)N[C@@H]1CCCc2ccccc21)[C@@H](C)OCCCCCCO[C@H](C)[C@H](NC(=O)[C@H](I)NC)C(=O)N1CCC[C@H]1C=O. The molecule has 0 radical (unpaired) electrons. The first-order valence-electron chi connectivity index (χ1n) is 20.7. The lowest BCUT2D eigenvalue weighted by Crippen LogP contribution is -2.57. The molecule has 0 bridgehead atoms. The molecule has 8 atom stereocenters. The fourth-order valence-corrected chi connectivity index (χ4v) is 8.20. The topological polar surface area (TPSA) is 188 Å². The Hall–Kier alpha value is -3.19. The summed E-state index contributed by atoms with van der Waals surface area (Å²) < 4.78 is 11.7. The van der Waals surface area contributed by atoms with E-state index in [2.05, 4.69) is 38.7 Å². The van der Waals surface area contributed by atoms with Crippen molar-refractivity contribution in [2.75, 3.05) is 53.5 Å². The highest BCUT2D eigenvalue weighted by molar-refractivity contribution is 14.1. The Morgan fingerprint density at radius 2 is 1.56 bits per heavy atom. The molecule has 5 N–H and O–H groups in total. The number of carbonyl (C=O) groups is 6. The van der Waals surface area contributed by atoms with E-state index in [1.165, 1.54) is 10.5 Å². The maximum atomic E-state index is 14.1. The number of nitrogens with one attached hydrogen (secondary N) is 5. The quantitative estimate of drug-likeness (QED) is 0.0358. The Bertz CT molecular complexity index is 1500. The van der Waals surface area contributed by atoms with Crippen molar-refractivity contribution in [2.24, 2.45) is 5.92 Å². The Balaban J connectivity index is 1.25. The number of aldehydes is 1. The highest BCUT2D eigenvalue weighted by Gasteiger charge is 2.41. The third kappa shape index (κ3) is 13.4. The molecule has 2 aliphatic heterocycles. The van der Waals surface area contributed by atoms with Crippen LogP contribution in [-0.4, -0.2) is 133 Å². The van der Waals surface area contributed by atoms with Crippen molar-refractivity contribution in [3.8, 4) is 0 Å². The predicted molar refractivity (Wildman–Crippen MR) is 224 cm³/mol. The van der Waals surface area contributed by atoms with E-state index in [0.717, 1.165) is 69.6 Å². The van der Waals surface area contributed by atoms with Crippen LogP contribution in [0, 0.1) is 5.92 Å². The normalized spacial score (nSPS) is 21.8. The molecule has 1 aromatic carbocycles. The summed E-state index contributed by atoms with van der Waals surface area (Å²) in [5.74, 6) is -1.88. The molecule has 1 aliphatic carbocycles. The maximum Gasteiger partial charge on any atom is 0.248 e. The highest BCUT2D eigenvalue weighted by Crippen LogP contribution is 2.31. The molecule has 3 aliphatic rings. The van der Waals surface area contributed by atoms with Gasteiger partial charge >= 0.3 is 0 Å². The Kier molecular flexibility index (Phi) is 19.6. The first-order chi connectivity index (χ1) is 27.5. The van der Waals surface area contributed by atoms with Crippen molar-refractivity contribution in [3.63, 3.8) is 0 Å². The zero-order valence-electron chi connectivity index (χ0n) is 34.1. The minimum Gasteiger partial charge on any atom is -0.378 e. The standard InChI is InChI=1S/C41H64IN7O8/c1-27(56-22-9-5-6-10-23-57-28(2)36(47-39(53)37(42)44-4)41(55)48-20-12-16-30(48)26-50)32(24-45-35(51)25-43-3)40(54)49-21-13-19-34(49)38(52)46-33-18-11-15-29-14-7-8-17-31(29)33/h7-8,14,17,26-28,30,32-34,36-37,43-44H,5-6,9-13,15-16,18-25H2,1-4H3,(H,45,51)(H,46,52)(H,47,53)/t27-,28-,30+,32+,33-,34+,36+,37-/m1/s1. The van der Waals surface area contributed by atoms with Gasteiger partial charge in [0.1, 0.15) is 22.4 Å². The third-order valence-electron chi connectivity index (χ3n) is 11.3. The molecule has 0 aromatic heterocycles. The number of halogens is 1. The van der Waals surface area contributed by atoms with Gasteiger partial charge in [-0.25, -0.2) is 0 Å². The van der Waals surface area contributed by atoms with Gasteiger partial charge in [0.25, 0.3) is 0 Å². The van der Waals surface area contributed by atoms with Crippen LogP contribution >= 0.6 is 22.6 Å². The molecule has 0 saturated carbocycles. The van der Waals surface area contributed by atoms with Crippen LogP contribution < -0.4 is 26.6 Å². The lowest BCUT2D eigenvalue weighted by molar-refractivity contribution is -0.146. The average molecular weight is 910 g/mol. The van der Waals surface area contributed by atoms with E-state index in [1.807, 2.05) is 41.6 Å². The second kappa shape index (κ2) is 24.0. The minimum absolute atomic E-state index is 0.0771. The van der Waals surface area contributed by atoms with Gasteiger partial charge < -0.3 is 50.7 Å². The van der Waals surface area contributed by atoms with E-state index >= 15 is 0 Å². The van der Waals surface area contributed by atoms with E-state index in [4.69, 9.17) is 9.47 Å². The van der Waals surface area contributed by atoms with Gasteiger partial charge in [0.2, 0.25) is 29.5 Å². The first kappa shape index (κ1) is 46.5. The maximum absolute atomic E-state index is 14.1. The number of hydrogen-bond acceptors (Lipinski definition) is 10. The number of alkyl halides is 1. The van der Waals surface area contributed by atoms with Gasteiger partial charge in [-0.2, -0.15) is 0 Å². The molecule has 15 nitrogen and oxygen atoms in total. The fraction of sp³-hybridized carbons (Fsp3) is 0.707. The number of likely N-dealkylation sites (N-methyl/N-ethyl adjacent to an activating group) is 2. The summed E-state index contributed by atoms with van der Waals surface area (Å²) in [5, 5.41) is 14.6. The number of benzene rings is 1. The minimum atomic E-state index is -0.920. The summed E-state index contributed by atoms with van der Waals surface area (Å²) in [6.07, 6.45) is 8.33. The molecule has 4 rings (SSSR count). The van der Waals surface area contributed by atoms with Crippen LogP contribution in [0.5, 0.6) is 0 Å². The zero-order valence-corrected chi connectivity index (χ0v) is 36.2. The number of ether oxygens (including phenoxy) is 2. The molecule has 2 saturated heterocycles. The van der Waals surface area contributed by atoms with Crippen molar-refractivity contribution in [2.45, 2.75) is 125 Å². The van der Waals surface area contributed by atoms with E-state index in [0.29, 0.717) is 39.1 Å². The molecule has 57 heavy (non-hydrogen) atoms. The number of rotatable bonds is 23. The van der Waals surface area contributed by atoms with Crippen molar-refractivity contribution in [3.05, 3.63) is 35.4 Å². The second-order valence-electron chi connectivity index (χ2n) is 15.4. The van der Waals surface area contributed by atoms with Gasteiger partial charge in [-0.05, 0) is 96.9 Å². The largest absolute Gasteiger partial charge is 0.378 e. The van der Waals surface area contributed by atoms with Crippen LogP contribution in [-0.2, 0) is 44.7 Å². The third-order valence-corrected chi connectivity index (χ3v) is 12.5. The molecule has 0 unspecified atom stereocenters. The number of likely N-dealkylation sites (tertiary alicyclic amines) is 2. The number of aryl methyl sites for hydroxylation is 1. The zero-order chi connectivity index (χ0) is 41.3. The van der Waals surface area contributed by atoms with Crippen LogP contribution in [0.4, 0.5) is 0 Å². The van der Waals surface area contributed by atoms with Gasteiger partial charge in [0, 0.05) is 32.8 Å². The lowest BCUT2D eigenvalue weighted by Gasteiger charge is -2.33. The smallest absolute Gasteiger partial charge is 0.248 e. The van der Waals surface area contributed by atoms with E-state index in [-0.39, 0.29) is 48.7 Å². The molecule has 1 aromatic rings. The number of hydrogen-bond donors (Lipinski definition) is 5. The van der Waals surface area contributed by atoms with Gasteiger partial charge in [0.15, 0.2) is 0 Å². The molecule has 16 heteroatoms. The number of fused-ring (bicyclic) bond motifs is 1. The summed E-state index contributed by atoms with van der Waals surface area (Å²) in [7, 11) is 3.35. The highest BCUT2D eigenvalue weighted by atomic mass is 127. The summed E-state index contributed by atoms with van der Waals surface area (Å²) >= 11 is 1.95. The second-order valence-corrected chi connectivity index (χ2v) is 16.6. The van der Waals surface area contributed by atoms with Gasteiger partial charge in [-0.1, -0.05) is 59.7 Å². The summed E-state index contributed by atoms with van der Waals surface area (Å²) in [6, 6.07) is 6.15. The average Bonchev–Trinajstić information content (AvgIpc) is 3.91. The van der Waals surface area contributed by atoms with Crippen molar-refractivity contribution in [1.82, 2.24) is 36.4 Å². The van der Waals surface area contributed by atoms with Crippen molar-refractivity contribution < 1.29 is 38.2 Å². The van der Waals surface area contributed by atoms with E-state index in [1.54, 1.807) is 25.9 Å². The van der Waals surface area contributed by atoms with Gasteiger partial charge in [-0.3, -0.25) is 24.0 Å². The monoisotopic (exact) mass is 909 g/mol. The fourth-order valence-electron chi connectivity index (χ4n) is 8.02. The summed E-state index contributed by atoms with van der Waals surface area (Å²) in [6.45, 7) is 5.56. The Morgan fingerprint density at radius 3 is 2.26 bits per heavy atom. The molecule has 318 valence electrons. The van der Waals surface area contributed by atoms with Crippen LogP contribution in [0.15, 0.2) is 24.3 Å². The first-order valence-corrected chi connectivity index (χ1v) is 22.0. The number of amides is 5. The molecule has 2 heterocycles. The Morgan fingerprint density at radius 1 is 0.877 bits per heavy atom. The van der Waals surface area contributed by atoms with Crippen LogP contribution in [0.2, 0.25) is 0 Å². The van der Waals surface area contributed by atoms with Crippen LogP contribution in [0.1, 0.15) is 95.2 Å². The van der Waals surface area contributed by atoms with Crippen molar-refractivity contribution >= 4 is 58.4 Å². The Labute approximate surface area is 351 Å². The van der Waals surface area contributed by atoms with Gasteiger partial charge in [-0.15, -0.1) is 0 Å². The van der Waals surface area contributed by atoms with Crippen LogP contribution in [0.3, 0.4) is 0 Å². The molecule has 5 amide bonds.